The van der Waals surface area contributed by atoms with Crippen LogP contribution in [0.2, 0.25) is 0 Å². The lowest BCUT2D eigenvalue weighted by Crippen LogP contribution is -2.53. The molecule has 0 aliphatic carbocycles. The molecule has 5 heteroatoms. The zero-order valence-corrected chi connectivity index (χ0v) is 15.3. The van der Waals surface area contributed by atoms with Gasteiger partial charge in [-0.3, -0.25) is 4.79 Å². The second-order valence-corrected chi connectivity index (χ2v) is 6.51. The normalized spacial score (nSPS) is 15.6. The monoisotopic (exact) mass is 353 g/mol. The van der Waals surface area contributed by atoms with Gasteiger partial charge in [-0.25, -0.2) is 0 Å². The van der Waals surface area contributed by atoms with Crippen molar-refractivity contribution in [1.29, 1.82) is 0 Å². The molecule has 0 bridgehead atoms. The van der Waals surface area contributed by atoms with Crippen LogP contribution < -0.4 is 15.4 Å². The number of nitrogens with zero attached hydrogens (tertiary/aromatic N) is 2. The van der Waals surface area contributed by atoms with Crippen molar-refractivity contribution in [1.82, 2.24) is 4.90 Å². The number of carbonyl (C=O) groups is 1. The molecule has 1 aliphatic heterocycles. The summed E-state index contributed by atoms with van der Waals surface area (Å²) in [5, 5.41) is 0. The van der Waals surface area contributed by atoms with Gasteiger partial charge in [0.05, 0.1) is 18.3 Å². The van der Waals surface area contributed by atoms with Gasteiger partial charge in [-0.05, 0) is 31.0 Å². The zero-order chi connectivity index (χ0) is 18.4. The molecule has 3 rings (SSSR count). The number of carbonyl (C=O) groups excluding carboxylic acids is 1. The van der Waals surface area contributed by atoms with Gasteiger partial charge in [-0.2, -0.15) is 0 Å². The first-order chi connectivity index (χ1) is 12.7. The van der Waals surface area contributed by atoms with Crippen molar-refractivity contribution in [2.45, 2.75) is 19.4 Å². The third-order valence-corrected chi connectivity index (χ3v) is 4.71. The summed E-state index contributed by atoms with van der Waals surface area (Å²) in [4.78, 5) is 16.8. The van der Waals surface area contributed by atoms with Crippen LogP contribution in [0.5, 0.6) is 5.75 Å². The number of nitrogens with two attached hydrogens (primary N) is 1. The lowest BCUT2D eigenvalue weighted by atomic mass is 10.1. The fraction of sp³-hybridized carbons (Fsp3) is 0.381. The Bertz CT molecular complexity index is 712. The van der Waals surface area contributed by atoms with Gasteiger partial charge in [0.2, 0.25) is 5.91 Å². The lowest BCUT2D eigenvalue weighted by molar-refractivity contribution is -0.132. The number of benzene rings is 2. The Morgan fingerprint density at radius 3 is 2.38 bits per heavy atom. The molecule has 5 nitrogen and oxygen atoms in total. The van der Waals surface area contributed by atoms with Crippen LogP contribution in [0.15, 0.2) is 54.6 Å². The summed E-state index contributed by atoms with van der Waals surface area (Å²) in [5.41, 5.74) is 8.35. The third-order valence-electron chi connectivity index (χ3n) is 4.71. The quantitative estimate of drug-likeness (QED) is 0.866. The summed E-state index contributed by atoms with van der Waals surface area (Å²) < 4.78 is 5.73. The van der Waals surface area contributed by atoms with Gasteiger partial charge >= 0.3 is 0 Å². The van der Waals surface area contributed by atoms with Crippen LogP contribution in [0.25, 0.3) is 0 Å². The summed E-state index contributed by atoms with van der Waals surface area (Å²) >= 11 is 0. The summed E-state index contributed by atoms with van der Waals surface area (Å²) in [7, 11) is 0. The van der Waals surface area contributed by atoms with E-state index in [4.69, 9.17) is 10.5 Å². The molecule has 1 fully saturated rings. The van der Waals surface area contributed by atoms with E-state index in [0.717, 1.165) is 30.1 Å². The zero-order valence-electron chi connectivity index (χ0n) is 15.3. The average Bonchev–Trinajstić information content (AvgIpc) is 2.69. The number of para-hydroxylation sites is 2. The van der Waals surface area contributed by atoms with E-state index in [1.54, 1.807) is 0 Å². The van der Waals surface area contributed by atoms with Crippen LogP contribution in [0.1, 0.15) is 12.5 Å². The number of anilines is 1. The molecule has 2 N–H and O–H groups in total. The minimum Gasteiger partial charge on any atom is -0.492 e. The van der Waals surface area contributed by atoms with Crippen LogP contribution >= 0.6 is 0 Å². The highest BCUT2D eigenvalue weighted by Crippen LogP contribution is 2.28. The van der Waals surface area contributed by atoms with Crippen LogP contribution in [0.4, 0.5) is 5.69 Å². The van der Waals surface area contributed by atoms with Gasteiger partial charge < -0.3 is 20.3 Å². The number of ether oxygens (including phenoxy) is 1. The van der Waals surface area contributed by atoms with Crippen molar-refractivity contribution >= 4 is 11.6 Å². The molecule has 1 amide bonds. The molecule has 0 saturated carbocycles. The Labute approximate surface area is 155 Å². The van der Waals surface area contributed by atoms with Crippen molar-refractivity contribution in [2.24, 2.45) is 5.73 Å². The summed E-state index contributed by atoms with van der Waals surface area (Å²) in [5.74, 6) is 0.933. The minimum atomic E-state index is -0.486. The second kappa shape index (κ2) is 8.72. The van der Waals surface area contributed by atoms with Crippen LogP contribution in [-0.4, -0.2) is 49.6 Å². The van der Waals surface area contributed by atoms with Gasteiger partial charge in [0, 0.05) is 26.2 Å². The first-order valence-corrected chi connectivity index (χ1v) is 9.24. The van der Waals surface area contributed by atoms with E-state index in [9.17, 15) is 4.79 Å². The van der Waals surface area contributed by atoms with Gasteiger partial charge in [0.25, 0.3) is 0 Å². The molecule has 1 atom stereocenters. The molecule has 1 aliphatic rings. The van der Waals surface area contributed by atoms with E-state index in [1.807, 2.05) is 60.4 Å². The molecule has 2 aromatic carbocycles. The highest BCUT2D eigenvalue weighted by Gasteiger charge is 2.26. The number of hydrogen-bond donors (Lipinski definition) is 1. The molecule has 0 radical (unpaired) electrons. The Hall–Kier alpha value is -2.53. The molecule has 0 spiro atoms. The number of piperazine rings is 1. The Kier molecular flexibility index (Phi) is 6.12. The predicted molar refractivity (Wildman–Crippen MR) is 105 cm³/mol. The molecule has 138 valence electrons. The third kappa shape index (κ3) is 4.35. The first-order valence-electron chi connectivity index (χ1n) is 9.24. The maximum atomic E-state index is 12.7. The SMILES string of the molecule is CCOc1ccccc1N1CCN(C(=O)C(N)Cc2ccccc2)CC1. The van der Waals surface area contributed by atoms with Gasteiger partial charge in [0.15, 0.2) is 0 Å². The fourth-order valence-corrected chi connectivity index (χ4v) is 3.35. The van der Waals surface area contributed by atoms with E-state index in [-0.39, 0.29) is 5.91 Å². The Morgan fingerprint density at radius 2 is 1.69 bits per heavy atom. The van der Waals surface area contributed by atoms with Crippen molar-refractivity contribution in [3.05, 3.63) is 60.2 Å². The molecule has 1 saturated heterocycles. The lowest BCUT2D eigenvalue weighted by Gasteiger charge is -2.37. The molecular formula is C21H27N3O2. The standard InChI is InChI=1S/C21H27N3O2/c1-2-26-20-11-7-6-10-19(20)23-12-14-24(15-13-23)21(25)18(22)16-17-8-4-3-5-9-17/h3-11,18H,2,12-16,22H2,1H3. The van der Waals surface area contributed by atoms with Crippen LogP contribution in [0, 0.1) is 0 Å². The maximum absolute atomic E-state index is 12.7. The van der Waals surface area contributed by atoms with E-state index >= 15 is 0 Å². The van der Waals surface area contributed by atoms with E-state index in [1.165, 1.54) is 0 Å². The maximum Gasteiger partial charge on any atom is 0.239 e. The predicted octanol–water partition coefficient (Wildman–Crippen LogP) is 2.30. The van der Waals surface area contributed by atoms with Crippen molar-refractivity contribution in [3.63, 3.8) is 0 Å². The van der Waals surface area contributed by atoms with Gasteiger partial charge in [-0.1, -0.05) is 42.5 Å². The Morgan fingerprint density at radius 1 is 1.04 bits per heavy atom. The molecule has 1 heterocycles. The topological polar surface area (TPSA) is 58.8 Å². The number of rotatable bonds is 6. The largest absolute Gasteiger partial charge is 0.492 e. The number of hydrogen-bond acceptors (Lipinski definition) is 4. The van der Waals surface area contributed by atoms with Crippen LogP contribution in [0.3, 0.4) is 0 Å². The summed E-state index contributed by atoms with van der Waals surface area (Å²) in [6.07, 6.45) is 0.576. The number of amides is 1. The highest BCUT2D eigenvalue weighted by molar-refractivity contribution is 5.82. The molecule has 0 aromatic heterocycles. The minimum absolute atomic E-state index is 0.0339. The van der Waals surface area contributed by atoms with Crippen LogP contribution in [-0.2, 0) is 11.2 Å². The fourth-order valence-electron chi connectivity index (χ4n) is 3.35. The molecular weight excluding hydrogens is 326 g/mol. The smallest absolute Gasteiger partial charge is 0.239 e. The van der Waals surface area contributed by atoms with E-state index in [2.05, 4.69) is 11.0 Å². The van der Waals surface area contributed by atoms with E-state index in [0.29, 0.717) is 26.1 Å². The summed E-state index contributed by atoms with van der Waals surface area (Å²) in [6, 6.07) is 17.5. The first kappa shape index (κ1) is 18.3. The summed E-state index contributed by atoms with van der Waals surface area (Å²) in [6.45, 7) is 5.57. The second-order valence-electron chi connectivity index (χ2n) is 6.51. The van der Waals surface area contributed by atoms with Gasteiger partial charge in [0.1, 0.15) is 5.75 Å². The highest BCUT2D eigenvalue weighted by atomic mass is 16.5. The molecule has 1 unspecified atom stereocenters. The molecule has 26 heavy (non-hydrogen) atoms. The van der Waals surface area contributed by atoms with Crippen molar-refractivity contribution in [3.8, 4) is 5.75 Å². The molecule has 2 aromatic rings. The average molecular weight is 353 g/mol. The van der Waals surface area contributed by atoms with Gasteiger partial charge in [-0.15, -0.1) is 0 Å². The van der Waals surface area contributed by atoms with E-state index < -0.39 is 6.04 Å². The van der Waals surface area contributed by atoms with Crippen molar-refractivity contribution < 1.29 is 9.53 Å². The van der Waals surface area contributed by atoms with Crippen molar-refractivity contribution in [2.75, 3.05) is 37.7 Å². The Balaban J connectivity index is 1.57.